The Hall–Kier alpha value is -3.43. The summed E-state index contributed by atoms with van der Waals surface area (Å²) in [6.07, 6.45) is -8.15. The lowest BCUT2D eigenvalue weighted by Gasteiger charge is -2.32. The molecule has 1 aromatic carbocycles. The number of nitrogens with two attached hydrogens (primary N) is 2. The second-order valence-corrected chi connectivity index (χ2v) is 6.47. The zero-order chi connectivity index (χ0) is 24.7. The fraction of sp³-hybridized carbons (Fsp3) is 0.412. The van der Waals surface area contributed by atoms with Crippen LogP contribution in [0.4, 0.5) is 18.9 Å². The third-order valence-electron chi connectivity index (χ3n) is 4.27. The van der Waals surface area contributed by atoms with E-state index in [0.717, 1.165) is 12.1 Å². The van der Waals surface area contributed by atoms with E-state index in [0.29, 0.717) is 0 Å². The van der Waals surface area contributed by atoms with Crippen molar-refractivity contribution in [1.82, 2.24) is 10.6 Å². The number of alkyl halides is 3. The topological polar surface area (TPSA) is 208 Å². The fourth-order valence-corrected chi connectivity index (χ4v) is 2.52. The van der Waals surface area contributed by atoms with E-state index in [9.17, 15) is 47.6 Å². The Kier molecular flexibility index (Phi) is 8.93. The van der Waals surface area contributed by atoms with Crippen LogP contribution in [0.5, 0.6) is 0 Å². The number of Topliss-reactive ketones (excluding diaryl/α,β-unsaturated/α-hetero) is 2. The Balaban J connectivity index is 3.12. The molecule has 0 saturated carbocycles. The molecular formula is C17H20F3N5O7. The summed E-state index contributed by atoms with van der Waals surface area (Å²) in [4.78, 5) is 57.9. The smallest absolute Gasteiger partial charge is 0.383 e. The van der Waals surface area contributed by atoms with Crippen molar-refractivity contribution in [2.45, 2.75) is 24.2 Å². The van der Waals surface area contributed by atoms with Crippen molar-refractivity contribution in [2.75, 3.05) is 19.6 Å². The van der Waals surface area contributed by atoms with Gasteiger partial charge in [-0.3, -0.25) is 29.3 Å². The summed E-state index contributed by atoms with van der Waals surface area (Å²) in [5.74, 6) is -6.74. The first-order valence-electron chi connectivity index (χ1n) is 8.83. The van der Waals surface area contributed by atoms with Crippen LogP contribution in [-0.4, -0.2) is 70.9 Å². The lowest BCUT2D eigenvalue weighted by Crippen LogP contribution is -2.70. The van der Waals surface area contributed by atoms with Crippen LogP contribution in [0.2, 0.25) is 0 Å². The molecule has 0 fully saturated rings. The molecule has 0 aromatic heterocycles. The number of rotatable bonds is 11. The number of non-ortho nitro benzene ring substituents is 1. The number of nitrogens with one attached hydrogen (secondary N) is 2. The molecule has 0 saturated heterocycles. The van der Waals surface area contributed by atoms with Gasteiger partial charge in [-0.05, 0) is 5.56 Å². The van der Waals surface area contributed by atoms with Crippen molar-refractivity contribution >= 4 is 29.1 Å². The molecule has 176 valence electrons. The van der Waals surface area contributed by atoms with Crippen LogP contribution in [0.1, 0.15) is 5.56 Å². The predicted molar refractivity (Wildman–Crippen MR) is 101 cm³/mol. The van der Waals surface area contributed by atoms with Gasteiger partial charge in [0.15, 0.2) is 11.3 Å². The Bertz CT molecular complexity index is 892. The summed E-state index contributed by atoms with van der Waals surface area (Å²) < 4.78 is 39.4. The van der Waals surface area contributed by atoms with E-state index >= 15 is 0 Å². The number of aliphatic hydroxyl groups excluding tert-OH is 1. The minimum atomic E-state index is -5.59. The van der Waals surface area contributed by atoms with Gasteiger partial charge in [0.05, 0.1) is 18.0 Å². The molecule has 1 aromatic rings. The average Bonchev–Trinajstić information content (AvgIpc) is 2.74. The van der Waals surface area contributed by atoms with Crippen molar-refractivity contribution in [3.05, 3.63) is 39.9 Å². The van der Waals surface area contributed by atoms with Crippen molar-refractivity contribution in [1.29, 1.82) is 0 Å². The Labute approximate surface area is 178 Å². The summed E-state index contributed by atoms with van der Waals surface area (Å²) in [7, 11) is 0. The SMILES string of the molecule is NCC(=O)NCC(=O)C(CN)(NC(=O)C(O)Cc1ccc([N+](=O)[O-])cc1)C(=O)C(F)(F)F. The number of ketones is 2. The molecule has 0 bridgehead atoms. The van der Waals surface area contributed by atoms with Crippen molar-refractivity contribution in [3.63, 3.8) is 0 Å². The van der Waals surface area contributed by atoms with Gasteiger partial charge in [0.25, 0.3) is 11.5 Å². The van der Waals surface area contributed by atoms with E-state index in [1.165, 1.54) is 12.1 Å². The molecule has 12 nitrogen and oxygen atoms in total. The second-order valence-electron chi connectivity index (χ2n) is 6.47. The first-order valence-corrected chi connectivity index (χ1v) is 8.83. The van der Waals surface area contributed by atoms with Crippen LogP contribution < -0.4 is 22.1 Å². The van der Waals surface area contributed by atoms with E-state index in [1.807, 2.05) is 5.32 Å². The fourth-order valence-electron chi connectivity index (χ4n) is 2.52. The molecular weight excluding hydrogens is 443 g/mol. The molecule has 2 atom stereocenters. The number of carbonyl (C=O) groups excluding carboxylic acids is 4. The first kappa shape index (κ1) is 26.6. The number of hydrogen-bond donors (Lipinski definition) is 5. The lowest BCUT2D eigenvalue weighted by molar-refractivity contribution is -0.384. The van der Waals surface area contributed by atoms with E-state index in [4.69, 9.17) is 11.5 Å². The van der Waals surface area contributed by atoms with Gasteiger partial charge in [0.1, 0.15) is 6.10 Å². The van der Waals surface area contributed by atoms with Crippen LogP contribution in [0, 0.1) is 10.1 Å². The van der Waals surface area contributed by atoms with Gasteiger partial charge in [-0.25, -0.2) is 0 Å². The van der Waals surface area contributed by atoms with E-state index < -0.39 is 72.2 Å². The molecule has 0 spiro atoms. The lowest BCUT2D eigenvalue weighted by atomic mass is 9.87. The van der Waals surface area contributed by atoms with Crippen molar-refractivity contribution < 1.29 is 42.4 Å². The monoisotopic (exact) mass is 463 g/mol. The minimum Gasteiger partial charge on any atom is -0.383 e. The van der Waals surface area contributed by atoms with Gasteiger partial charge in [0.2, 0.25) is 11.8 Å². The molecule has 0 heterocycles. The normalized spacial score (nSPS) is 14.1. The van der Waals surface area contributed by atoms with Crippen LogP contribution in [0.3, 0.4) is 0 Å². The highest BCUT2D eigenvalue weighted by Crippen LogP contribution is 2.24. The number of aliphatic hydroxyl groups is 1. The zero-order valence-corrected chi connectivity index (χ0v) is 16.3. The van der Waals surface area contributed by atoms with Gasteiger partial charge in [-0.15, -0.1) is 0 Å². The Morgan fingerprint density at radius 3 is 2.12 bits per heavy atom. The van der Waals surface area contributed by atoms with Crippen LogP contribution in [-0.2, 0) is 25.6 Å². The molecule has 7 N–H and O–H groups in total. The largest absolute Gasteiger partial charge is 0.453 e. The second kappa shape index (κ2) is 10.7. The van der Waals surface area contributed by atoms with Crippen LogP contribution >= 0.6 is 0 Å². The van der Waals surface area contributed by atoms with E-state index in [2.05, 4.69) is 0 Å². The standard InChI is InChI=1S/C17H20F3N5O7/c18-17(19,20)15(30)16(8-22,12(27)7-23-13(28)6-21)24-14(29)11(26)5-9-1-3-10(4-2-9)25(31)32/h1-4,11,26H,5-8,21-22H2,(H,23,28)(H,24,29). The highest BCUT2D eigenvalue weighted by atomic mass is 19.4. The van der Waals surface area contributed by atoms with Crippen LogP contribution in [0.25, 0.3) is 0 Å². The summed E-state index contributed by atoms with van der Waals surface area (Å²) in [5.41, 5.74) is 6.87. The maximum absolute atomic E-state index is 13.1. The number of nitrogens with zero attached hydrogens (tertiary/aromatic N) is 1. The van der Waals surface area contributed by atoms with Crippen LogP contribution in [0.15, 0.2) is 24.3 Å². The molecule has 2 amide bonds. The molecule has 0 aliphatic rings. The quantitative estimate of drug-likeness (QED) is 0.141. The summed E-state index contributed by atoms with van der Waals surface area (Å²) in [6, 6.07) is 4.53. The van der Waals surface area contributed by atoms with Crippen molar-refractivity contribution in [2.24, 2.45) is 11.5 Å². The number of carbonyl (C=O) groups is 4. The molecule has 1 rings (SSSR count). The predicted octanol–water partition coefficient (Wildman–Crippen LogP) is -1.91. The van der Waals surface area contributed by atoms with Gasteiger partial charge < -0.3 is 27.2 Å². The highest BCUT2D eigenvalue weighted by molar-refractivity contribution is 6.17. The number of nitro groups is 1. The van der Waals surface area contributed by atoms with E-state index in [-0.39, 0.29) is 11.3 Å². The summed E-state index contributed by atoms with van der Waals surface area (Å²) in [6.45, 7) is -3.02. The van der Waals surface area contributed by atoms with Gasteiger partial charge in [-0.2, -0.15) is 13.2 Å². The number of amides is 2. The third kappa shape index (κ3) is 6.53. The van der Waals surface area contributed by atoms with Crippen molar-refractivity contribution in [3.8, 4) is 0 Å². The maximum atomic E-state index is 13.1. The molecule has 0 radical (unpaired) electrons. The number of hydrogen-bond acceptors (Lipinski definition) is 9. The molecule has 2 unspecified atom stereocenters. The third-order valence-corrected chi connectivity index (χ3v) is 4.27. The Morgan fingerprint density at radius 2 is 1.69 bits per heavy atom. The average molecular weight is 463 g/mol. The van der Waals surface area contributed by atoms with Gasteiger partial charge >= 0.3 is 6.18 Å². The molecule has 0 aliphatic carbocycles. The first-order chi connectivity index (χ1) is 14.8. The Morgan fingerprint density at radius 1 is 1.12 bits per heavy atom. The molecule has 0 aliphatic heterocycles. The summed E-state index contributed by atoms with van der Waals surface area (Å²) in [5, 5.41) is 24.1. The number of halogens is 3. The number of nitro benzene ring substituents is 1. The summed E-state index contributed by atoms with van der Waals surface area (Å²) >= 11 is 0. The number of benzene rings is 1. The minimum absolute atomic E-state index is 0.195. The zero-order valence-electron chi connectivity index (χ0n) is 16.3. The maximum Gasteiger partial charge on any atom is 0.453 e. The van der Waals surface area contributed by atoms with Gasteiger partial charge in [0, 0.05) is 25.1 Å². The van der Waals surface area contributed by atoms with E-state index in [1.54, 1.807) is 5.32 Å². The molecule has 15 heteroatoms. The molecule has 32 heavy (non-hydrogen) atoms. The highest BCUT2D eigenvalue weighted by Gasteiger charge is 2.57. The van der Waals surface area contributed by atoms with Gasteiger partial charge in [-0.1, -0.05) is 12.1 Å².